The number of amides is 1. The van der Waals surface area contributed by atoms with Gasteiger partial charge in [0.2, 0.25) is 0 Å². The Morgan fingerprint density at radius 3 is 2.55 bits per heavy atom. The molecule has 0 aliphatic carbocycles. The van der Waals surface area contributed by atoms with Crippen molar-refractivity contribution < 1.29 is 24.0 Å². The monoisotopic (exact) mass is 391 g/mol. The molecule has 0 saturated carbocycles. The molecule has 1 fully saturated rings. The lowest BCUT2D eigenvalue weighted by molar-refractivity contribution is -0.132. The number of aliphatic hydroxyl groups excluding tert-OH is 1. The number of ketones is 1. The van der Waals surface area contributed by atoms with Crippen LogP contribution in [0.2, 0.25) is 0 Å². The van der Waals surface area contributed by atoms with E-state index in [-0.39, 0.29) is 17.2 Å². The zero-order valence-electron chi connectivity index (χ0n) is 15.7. The first-order valence-electron chi connectivity index (χ1n) is 8.80. The number of rotatable bonds is 4. The van der Waals surface area contributed by atoms with Gasteiger partial charge in [-0.05, 0) is 42.8 Å². The first-order chi connectivity index (χ1) is 14.0. The Morgan fingerprint density at radius 1 is 1.21 bits per heavy atom. The number of carbonyl (C=O) groups is 2. The van der Waals surface area contributed by atoms with Crippen LogP contribution >= 0.6 is 0 Å². The summed E-state index contributed by atoms with van der Waals surface area (Å²) in [4.78, 5) is 31.1. The van der Waals surface area contributed by atoms with Crippen LogP contribution in [-0.4, -0.2) is 34.0 Å². The van der Waals surface area contributed by atoms with Crippen molar-refractivity contribution in [1.82, 2.24) is 10.1 Å². The lowest BCUT2D eigenvalue weighted by Crippen LogP contribution is -2.29. The normalized spacial score (nSPS) is 18.3. The Bertz CT molecular complexity index is 1100. The zero-order valence-corrected chi connectivity index (χ0v) is 15.7. The van der Waals surface area contributed by atoms with Gasteiger partial charge in [-0.15, -0.1) is 0 Å². The number of Topliss-reactive ketones (excluding diaryl/α,β-unsaturated/α-hetero) is 1. The molecular formula is C21H17N3O5. The van der Waals surface area contributed by atoms with Crippen molar-refractivity contribution in [3.05, 3.63) is 77.3 Å². The topological polar surface area (TPSA) is 106 Å². The molecule has 0 radical (unpaired) electrons. The van der Waals surface area contributed by atoms with Crippen LogP contribution in [0.25, 0.3) is 5.76 Å². The second-order valence-electron chi connectivity index (χ2n) is 6.48. The van der Waals surface area contributed by atoms with Crippen LogP contribution in [0, 0.1) is 6.92 Å². The van der Waals surface area contributed by atoms with Gasteiger partial charge in [0.15, 0.2) is 5.82 Å². The van der Waals surface area contributed by atoms with Crippen LogP contribution in [0.15, 0.2) is 65.0 Å². The molecule has 8 heteroatoms. The Hall–Kier alpha value is -3.94. The highest BCUT2D eigenvalue weighted by Crippen LogP contribution is 2.41. The van der Waals surface area contributed by atoms with Crippen LogP contribution in [0.5, 0.6) is 5.75 Å². The van der Waals surface area contributed by atoms with E-state index in [1.807, 2.05) is 0 Å². The minimum absolute atomic E-state index is 0.0474. The van der Waals surface area contributed by atoms with E-state index in [0.29, 0.717) is 22.6 Å². The molecule has 0 spiro atoms. The third-order valence-electron chi connectivity index (χ3n) is 4.67. The number of aromatic nitrogens is 2. The number of carbonyl (C=O) groups excluding carboxylic acids is 2. The van der Waals surface area contributed by atoms with Crippen LogP contribution in [0.1, 0.15) is 22.9 Å². The second kappa shape index (κ2) is 7.23. The van der Waals surface area contributed by atoms with E-state index in [1.165, 1.54) is 18.2 Å². The van der Waals surface area contributed by atoms with Gasteiger partial charge in [0.1, 0.15) is 17.3 Å². The first-order valence-corrected chi connectivity index (χ1v) is 8.80. The maximum absolute atomic E-state index is 12.9. The highest BCUT2D eigenvalue weighted by atomic mass is 16.5. The van der Waals surface area contributed by atoms with Gasteiger partial charge >= 0.3 is 5.91 Å². The summed E-state index contributed by atoms with van der Waals surface area (Å²) in [5, 5.41) is 14.8. The van der Waals surface area contributed by atoms with Crippen LogP contribution in [-0.2, 0) is 9.59 Å². The molecule has 29 heavy (non-hydrogen) atoms. The number of ether oxygens (including phenoxy) is 1. The zero-order chi connectivity index (χ0) is 20.5. The maximum atomic E-state index is 12.9. The van der Waals surface area contributed by atoms with Crippen molar-refractivity contribution in [3.63, 3.8) is 0 Å². The Balaban J connectivity index is 1.90. The molecule has 8 nitrogen and oxygen atoms in total. The van der Waals surface area contributed by atoms with Crippen LogP contribution in [0.3, 0.4) is 0 Å². The fraction of sp³-hybridized carbons (Fsp3) is 0.143. The number of anilines is 1. The van der Waals surface area contributed by atoms with Crippen molar-refractivity contribution >= 4 is 23.3 Å². The predicted molar refractivity (Wildman–Crippen MR) is 103 cm³/mol. The predicted octanol–water partition coefficient (Wildman–Crippen LogP) is 3.01. The number of pyridine rings is 1. The van der Waals surface area contributed by atoms with Gasteiger partial charge in [-0.3, -0.25) is 19.5 Å². The summed E-state index contributed by atoms with van der Waals surface area (Å²) < 4.78 is 10.2. The smallest absolute Gasteiger partial charge is 0.301 e. The van der Waals surface area contributed by atoms with Gasteiger partial charge < -0.3 is 14.4 Å². The molecule has 4 rings (SSSR count). The molecule has 146 valence electrons. The van der Waals surface area contributed by atoms with Gasteiger partial charge in [-0.2, -0.15) is 0 Å². The van der Waals surface area contributed by atoms with Gasteiger partial charge in [-0.1, -0.05) is 11.2 Å². The average Bonchev–Trinajstić information content (AvgIpc) is 3.29. The summed E-state index contributed by atoms with van der Waals surface area (Å²) in [6.45, 7) is 1.68. The molecule has 0 unspecified atom stereocenters. The number of benzene rings is 1. The number of aryl methyl sites for hydroxylation is 1. The summed E-state index contributed by atoms with van der Waals surface area (Å²) >= 11 is 0. The lowest BCUT2D eigenvalue weighted by atomic mass is 9.96. The fourth-order valence-electron chi connectivity index (χ4n) is 3.29. The van der Waals surface area contributed by atoms with E-state index in [9.17, 15) is 14.7 Å². The van der Waals surface area contributed by atoms with Crippen LogP contribution < -0.4 is 9.64 Å². The molecule has 3 aromatic rings. The molecule has 1 aliphatic heterocycles. The fourth-order valence-corrected chi connectivity index (χ4v) is 3.29. The molecule has 1 N–H and O–H groups in total. The largest absolute Gasteiger partial charge is 0.507 e. The molecular weight excluding hydrogens is 374 g/mol. The molecule has 1 amide bonds. The first kappa shape index (κ1) is 18.4. The van der Waals surface area contributed by atoms with E-state index >= 15 is 0 Å². The molecule has 1 atom stereocenters. The summed E-state index contributed by atoms with van der Waals surface area (Å²) in [6, 6.07) is 10.6. The van der Waals surface area contributed by atoms with Crippen molar-refractivity contribution in [2.75, 3.05) is 12.0 Å². The summed E-state index contributed by atoms with van der Waals surface area (Å²) in [5.74, 6) is -0.629. The Labute approximate surface area is 166 Å². The summed E-state index contributed by atoms with van der Waals surface area (Å²) in [7, 11) is 1.53. The highest BCUT2D eigenvalue weighted by molar-refractivity contribution is 6.51. The summed E-state index contributed by atoms with van der Waals surface area (Å²) in [5.41, 5.74) is 0.894. The minimum atomic E-state index is -0.893. The van der Waals surface area contributed by atoms with Gasteiger partial charge in [-0.25, -0.2) is 0 Å². The Kier molecular flexibility index (Phi) is 4.59. The van der Waals surface area contributed by atoms with Crippen molar-refractivity contribution in [3.8, 4) is 5.75 Å². The third kappa shape index (κ3) is 3.14. The van der Waals surface area contributed by atoms with Crippen molar-refractivity contribution in [2.24, 2.45) is 0 Å². The average molecular weight is 391 g/mol. The molecule has 2 aromatic heterocycles. The number of methoxy groups -OCH3 is 1. The SMILES string of the molecule is COc1ccc(C(O)=C2C(=O)C(=O)N(c3cc(C)on3)[C@@H]2c2cccnc2)cc1. The maximum Gasteiger partial charge on any atom is 0.301 e. The number of hydrogen-bond donors (Lipinski definition) is 1. The number of nitrogens with zero attached hydrogens (tertiary/aromatic N) is 3. The van der Waals surface area contributed by atoms with Gasteiger partial charge in [0, 0.05) is 24.0 Å². The number of aliphatic hydroxyl groups is 1. The Morgan fingerprint density at radius 2 is 1.97 bits per heavy atom. The molecule has 0 bridgehead atoms. The van der Waals surface area contributed by atoms with E-state index in [0.717, 1.165) is 0 Å². The molecule has 1 saturated heterocycles. The molecule has 1 aromatic carbocycles. The molecule has 3 heterocycles. The van der Waals surface area contributed by atoms with E-state index in [1.54, 1.807) is 55.6 Å². The third-order valence-corrected chi connectivity index (χ3v) is 4.67. The standard InChI is InChI=1S/C21H17N3O5/c1-12-10-16(23-29-12)24-18(14-4-3-9-22-11-14)17(20(26)21(24)27)19(25)13-5-7-15(28-2)8-6-13/h3-11,18,25H,1-2H3/t18-/m1/s1. The second-order valence-corrected chi connectivity index (χ2v) is 6.48. The number of hydrogen-bond acceptors (Lipinski definition) is 7. The van der Waals surface area contributed by atoms with Crippen molar-refractivity contribution in [1.29, 1.82) is 0 Å². The minimum Gasteiger partial charge on any atom is -0.507 e. The van der Waals surface area contributed by atoms with E-state index in [4.69, 9.17) is 9.26 Å². The highest BCUT2D eigenvalue weighted by Gasteiger charge is 2.48. The van der Waals surface area contributed by atoms with Gasteiger partial charge in [0.05, 0.1) is 18.7 Å². The van der Waals surface area contributed by atoms with Crippen molar-refractivity contribution in [2.45, 2.75) is 13.0 Å². The van der Waals surface area contributed by atoms with E-state index in [2.05, 4.69) is 10.1 Å². The van der Waals surface area contributed by atoms with Gasteiger partial charge in [0.25, 0.3) is 5.78 Å². The molecule has 1 aliphatic rings. The van der Waals surface area contributed by atoms with E-state index < -0.39 is 17.7 Å². The quantitative estimate of drug-likeness (QED) is 0.414. The van der Waals surface area contributed by atoms with Crippen LogP contribution in [0.4, 0.5) is 5.82 Å². The lowest BCUT2D eigenvalue weighted by Gasteiger charge is -2.22. The summed E-state index contributed by atoms with van der Waals surface area (Å²) in [6.07, 6.45) is 3.12.